The summed E-state index contributed by atoms with van der Waals surface area (Å²) in [6, 6.07) is 14.4. The molecule has 0 radical (unpaired) electrons. The fraction of sp³-hybridized carbons (Fsp3) is 0.304. The van der Waals surface area contributed by atoms with Crippen LogP contribution in [0, 0.1) is 5.92 Å². The van der Waals surface area contributed by atoms with Gasteiger partial charge in [0.15, 0.2) is 0 Å². The summed E-state index contributed by atoms with van der Waals surface area (Å²) in [5.74, 6) is 0.327. The largest absolute Gasteiger partial charge is 0.497 e. The minimum Gasteiger partial charge on any atom is -0.497 e. The van der Waals surface area contributed by atoms with Crippen LogP contribution in [-0.4, -0.2) is 18.9 Å². The molecule has 0 spiro atoms. The normalized spacial score (nSPS) is 14.5. The number of hydrogen-bond donors (Lipinski definition) is 2. The molecule has 150 valence electrons. The number of methoxy groups -OCH3 is 1. The number of ether oxygens (including phenoxy) is 1. The number of furan rings is 1. The van der Waals surface area contributed by atoms with Crippen molar-refractivity contribution in [2.75, 3.05) is 17.7 Å². The van der Waals surface area contributed by atoms with E-state index in [-0.39, 0.29) is 17.6 Å². The smallest absolute Gasteiger partial charge is 0.293 e. The van der Waals surface area contributed by atoms with Crippen molar-refractivity contribution in [2.24, 2.45) is 5.92 Å². The molecule has 4 rings (SSSR count). The van der Waals surface area contributed by atoms with Crippen LogP contribution in [0.15, 0.2) is 52.9 Å². The second kappa shape index (κ2) is 8.39. The van der Waals surface area contributed by atoms with Gasteiger partial charge >= 0.3 is 0 Å². The minimum absolute atomic E-state index is 0.0186. The van der Waals surface area contributed by atoms with E-state index in [1.165, 1.54) is 6.42 Å². The average Bonchev–Trinajstić information content (AvgIpc) is 3.13. The topological polar surface area (TPSA) is 80.6 Å². The molecule has 6 heteroatoms. The Balaban J connectivity index is 1.61. The van der Waals surface area contributed by atoms with Gasteiger partial charge in [0.2, 0.25) is 11.7 Å². The van der Waals surface area contributed by atoms with Crippen molar-refractivity contribution in [2.45, 2.75) is 32.1 Å². The maximum Gasteiger partial charge on any atom is 0.293 e. The molecule has 1 saturated carbocycles. The number of benzene rings is 2. The first-order chi connectivity index (χ1) is 14.2. The highest BCUT2D eigenvalue weighted by Gasteiger charge is 2.26. The summed E-state index contributed by atoms with van der Waals surface area (Å²) in [4.78, 5) is 25.7. The molecule has 29 heavy (non-hydrogen) atoms. The predicted octanol–water partition coefficient (Wildman–Crippen LogP) is 5.21. The lowest BCUT2D eigenvalue weighted by Crippen LogP contribution is -2.25. The first kappa shape index (κ1) is 19.1. The third-order valence-corrected chi connectivity index (χ3v) is 5.37. The highest BCUT2D eigenvalue weighted by molar-refractivity contribution is 6.14. The van der Waals surface area contributed by atoms with E-state index in [4.69, 9.17) is 9.15 Å². The van der Waals surface area contributed by atoms with E-state index in [1.54, 1.807) is 37.4 Å². The van der Waals surface area contributed by atoms with Crippen LogP contribution in [0.3, 0.4) is 0 Å². The number of fused-ring (bicyclic) bond motifs is 1. The molecule has 1 aliphatic rings. The van der Waals surface area contributed by atoms with Gasteiger partial charge in [0, 0.05) is 17.0 Å². The van der Waals surface area contributed by atoms with Crippen LogP contribution < -0.4 is 15.4 Å². The van der Waals surface area contributed by atoms with Gasteiger partial charge in [-0.2, -0.15) is 0 Å². The summed E-state index contributed by atoms with van der Waals surface area (Å²) >= 11 is 0. The van der Waals surface area contributed by atoms with Crippen LogP contribution in [0.25, 0.3) is 11.0 Å². The second-order valence-corrected chi connectivity index (χ2v) is 7.31. The maximum absolute atomic E-state index is 12.9. The molecule has 0 bridgehead atoms. The van der Waals surface area contributed by atoms with Crippen LogP contribution in [0.5, 0.6) is 5.75 Å². The van der Waals surface area contributed by atoms with Gasteiger partial charge in [0.1, 0.15) is 17.0 Å². The van der Waals surface area contributed by atoms with Crippen LogP contribution in [0.2, 0.25) is 0 Å². The Labute approximate surface area is 169 Å². The van der Waals surface area contributed by atoms with Gasteiger partial charge < -0.3 is 19.8 Å². The van der Waals surface area contributed by atoms with Crippen LogP contribution in [-0.2, 0) is 4.79 Å². The van der Waals surface area contributed by atoms with E-state index in [0.29, 0.717) is 22.7 Å². The Morgan fingerprint density at radius 1 is 0.966 bits per heavy atom. The number of amides is 2. The number of carbonyl (C=O) groups is 2. The van der Waals surface area contributed by atoms with E-state index in [1.807, 2.05) is 18.2 Å². The third-order valence-electron chi connectivity index (χ3n) is 5.37. The quantitative estimate of drug-likeness (QED) is 0.624. The average molecular weight is 392 g/mol. The molecular formula is C23H24N2O4. The first-order valence-corrected chi connectivity index (χ1v) is 9.93. The van der Waals surface area contributed by atoms with Crippen LogP contribution in [0.4, 0.5) is 11.4 Å². The van der Waals surface area contributed by atoms with Gasteiger partial charge in [-0.25, -0.2) is 0 Å². The number of nitrogens with one attached hydrogen (secondary N) is 2. The zero-order chi connectivity index (χ0) is 20.2. The molecule has 2 aromatic carbocycles. The highest BCUT2D eigenvalue weighted by Crippen LogP contribution is 2.33. The summed E-state index contributed by atoms with van der Waals surface area (Å²) in [5.41, 5.74) is 1.61. The predicted molar refractivity (Wildman–Crippen MR) is 112 cm³/mol. The Morgan fingerprint density at radius 2 is 1.69 bits per heavy atom. The molecule has 3 aromatic rings. The van der Waals surface area contributed by atoms with E-state index < -0.39 is 5.91 Å². The molecule has 2 N–H and O–H groups in total. The van der Waals surface area contributed by atoms with Crippen molar-refractivity contribution in [3.8, 4) is 5.75 Å². The molecule has 1 aromatic heterocycles. The fourth-order valence-electron chi connectivity index (χ4n) is 3.78. The molecule has 0 unspecified atom stereocenters. The maximum atomic E-state index is 12.9. The molecule has 2 amide bonds. The summed E-state index contributed by atoms with van der Waals surface area (Å²) in [6.07, 6.45) is 5.07. The van der Waals surface area contributed by atoms with Crippen molar-refractivity contribution >= 4 is 34.2 Å². The Morgan fingerprint density at radius 3 is 2.41 bits per heavy atom. The summed E-state index contributed by atoms with van der Waals surface area (Å²) in [5, 5.41) is 6.52. The van der Waals surface area contributed by atoms with Gasteiger partial charge in [-0.05, 0) is 49.2 Å². The monoisotopic (exact) mass is 392 g/mol. The zero-order valence-corrected chi connectivity index (χ0v) is 16.4. The van der Waals surface area contributed by atoms with Crippen molar-refractivity contribution in [1.82, 2.24) is 0 Å². The summed E-state index contributed by atoms with van der Waals surface area (Å²) in [6.45, 7) is 0. The minimum atomic E-state index is -0.412. The summed E-state index contributed by atoms with van der Waals surface area (Å²) < 4.78 is 11.0. The third kappa shape index (κ3) is 4.11. The Kier molecular flexibility index (Phi) is 5.51. The van der Waals surface area contributed by atoms with Gasteiger partial charge in [-0.1, -0.05) is 31.4 Å². The van der Waals surface area contributed by atoms with E-state index in [9.17, 15) is 9.59 Å². The lowest BCUT2D eigenvalue weighted by Gasteiger charge is -2.20. The highest BCUT2D eigenvalue weighted by atomic mass is 16.5. The zero-order valence-electron chi connectivity index (χ0n) is 16.4. The van der Waals surface area contributed by atoms with E-state index >= 15 is 0 Å². The molecule has 0 saturated heterocycles. The number of para-hydroxylation sites is 1. The molecule has 1 heterocycles. The van der Waals surface area contributed by atoms with Crippen LogP contribution >= 0.6 is 0 Å². The number of anilines is 2. The van der Waals surface area contributed by atoms with Gasteiger partial charge in [0.05, 0.1) is 7.11 Å². The summed E-state index contributed by atoms with van der Waals surface area (Å²) in [7, 11) is 1.59. The number of rotatable bonds is 5. The molecular weight excluding hydrogens is 368 g/mol. The molecule has 0 aliphatic heterocycles. The van der Waals surface area contributed by atoms with Gasteiger partial charge in [0.25, 0.3) is 5.91 Å². The number of carbonyl (C=O) groups excluding carboxylic acids is 2. The van der Waals surface area contributed by atoms with Gasteiger partial charge in [-0.3, -0.25) is 9.59 Å². The van der Waals surface area contributed by atoms with E-state index in [0.717, 1.165) is 31.1 Å². The van der Waals surface area contributed by atoms with Crippen molar-refractivity contribution < 1.29 is 18.7 Å². The lowest BCUT2D eigenvalue weighted by molar-refractivity contribution is -0.120. The molecule has 0 atom stereocenters. The Hall–Kier alpha value is -3.28. The molecule has 1 fully saturated rings. The van der Waals surface area contributed by atoms with Crippen molar-refractivity contribution in [1.29, 1.82) is 0 Å². The SMILES string of the molecule is COc1ccc(NC(=O)c2oc3ccccc3c2NC(=O)C2CCCCC2)cc1. The second-order valence-electron chi connectivity index (χ2n) is 7.31. The molecule has 1 aliphatic carbocycles. The lowest BCUT2D eigenvalue weighted by atomic mass is 9.88. The fourth-order valence-corrected chi connectivity index (χ4v) is 3.78. The van der Waals surface area contributed by atoms with Gasteiger partial charge in [-0.15, -0.1) is 0 Å². The van der Waals surface area contributed by atoms with E-state index in [2.05, 4.69) is 10.6 Å². The first-order valence-electron chi connectivity index (χ1n) is 9.93. The molecule has 6 nitrogen and oxygen atoms in total. The number of hydrogen-bond acceptors (Lipinski definition) is 4. The Bertz CT molecular complexity index is 1020. The van der Waals surface area contributed by atoms with Crippen molar-refractivity contribution in [3.63, 3.8) is 0 Å². The standard InChI is InChI=1S/C23H24N2O4/c1-28-17-13-11-16(12-14-17)24-23(27)21-20(18-9-5-6-10-19(18)29-21)25-22(26)15-7-3-2-4-8-15/h5-6,9-15H,2-4,7-8H2,1H3,(H,24,27)(H,25,26). The van der Waals surface area contributed by atoms with Crippen molar-refractivity contribution in [3.05, 3.63) is 54.3 Å². The van der Waals surface area contributed by atoms with Crippen LogP contribution in [0.1, 0.15) is 42.7 Å².